The van der Waals surface area contributed by atoms with Gasteiger partial charge in [0.25, 0.3) is 0 Å². The van der Waals surface area contributed by atoms with Gasteiger partial charge in [0.05, 0.1) is 6.04 Å². The van der Waals surface area contributed by atoms with E-state index in [0.717, 1.165) is 5.56 Å². The zero-order valence-electron chi connectivity index (χ0n) is 16.5. The summed E-state index contributed by atoms with van der Waals surface area (Å²) in [6.45, 7) is 10.8. The van der Waals surface area contributed by atoms with Crippen LogP contribution >= 0.6 is 0 Å². The van der Waals surface area contributed by atoms with Gasteiger partial charge in [-0.25, -0.2) is 0 Å². The first-order valence-electron chi connectivity index (χ1n) is 9.32. The SMILES string of the molecule is CC(C)C(NC(=O)CCN1C(=O)CCC1=O)c1ccc(C(C)(C)C)cc1. The molecule has 142 valence electrons. The van der Waals surface area contributed by atoms with Gasteiger partial charge in [-0.3, -0.25) is 19.3 Å². The molecule has 1 unspecified atom stereocenters. The molecule has 0 saturated carbocycles. The van der Waals surface area contributed by atoms with Gasteiger partial charge in [-0.15, -0.1) is 0 Å². The van der Waals surface area contributed by atoms with Crippen molar-refractivity contribution in [1.29, 1.82) is 0 Å². The minimum Gasteiger partial charge on any atom is -0.349 e. The molecule has 1 atom stereocenters. The van der Waals surface area contributed by atoms with Crippen LogP contribution in [0.1, 0.15) is 71.0 Å². The largest absolute Gasteiger partial charge is 0.349 e. The quantitative estimate of drug-likeness (QED) is 0.793. The third kappa shape index (κ3) is 4.93. The van der Waals surface area contributed by atoms with Crippen molar-refractivity contribution in [3.63, 3.8) is 0 Å². The number of amides is 3. The molecule has 1 aromatic rings. The minimum atomic E-state index is -0.180. The molecule has 26 heavy (non-hydrogen) atoms. The summed E-state index contributed by atoms with van der Waals surface area (Å²) in [7, 11) is 0. The minimum absolute atomic E-state index is 0.0872. The second-order valence-electron chi connectivity index (χ2n) is 8.35. The van der Waals surface area contributed by atoms with Crippen molar-refractivity contribution in [2.75, 3.05) is 6.54 Å². The Morgan fingerprint density at radius 3 is 2.08 bits per heavy atom. The van der Waals surface area contributed by atoms with Crippen LogP contribution < -0.4 is 5.32 Å². The lowest BCUT2D eigenvalue weighted by atomic mass is 9.85. The number of rotatable bonds is 6. The van der Waals surface area contributed by atoms with Crippen LogP contribution in [0.15, 0.2) is 24.3 Å². The van der Waals surface area contributed by atoms with Gasteiger partial charge in [-0.1, -0.05) is 58.9 Å². The van der Waals surface area contributed by atoms with Crippen LogP contribution in [-0.2, 0) is 19.8 Å². The summed E-state index contributed by atoms with van der Waals surface area (Å²) in [4.78, 5) is 36.8. The Hall–Kier alpha value is -2.17. The fraction of sp³-hybridized carbons (Fsp3) is 0.571. The van der Waals surface area contributed by atoms with Crippen molar-refractivity contribution in [2.24, 2.45) is 5.92 Å². The summed E-state index contributed by atoms with van der Waals surface area (Å²) >= 11 is 0. The lowest BCUT2D eigenvalue weighted by Crippen LogP contribution is -2.36. The Balaban J connectivity index is 2.00. The predicted octanol–water partition coefficient (Wildman–Crippen LogP) is 3.34. The fourth-order valence-corrected chi connectivity index (χ4v) is 3.16. The lowest BCUT2D eigenvalue weighted by Gasteiger charge is -2.25. The van der Waals surface area contributed by atoms with Gasteiger partial charge in [-0.2, -0.15) is 0 Å². The Bertz CT molecular complexity index is 655. The van der Waals surface area contributed by atoms with Gasteiger partial charge in [0.1, 0.15) is 0 Å². The van der Waals surface area contributed by atoms with E-state index >= 15 is 0 Å². The van der Waals surface area contributed by atoms with Gasteiger partial charge < -0.3 is 5.32 Å². The Kier molecular flexibility index (Phi) is 6.21. The van der Waals surface area contributed by atoms with Crippen LogP contribution in [0.5, 0.6) is 0 Å². The molecule has 0 aromatic heterocycles. The summed E-state index contributed by atoms with van der Waals surface area (Å²) in [5, 5.41) is 3.06. The number of carbonyl (C=O) groups is 3. The van der Waals surface area contributed by atoms with Crippen LogP contribution in [0.3, 0.4) is 0 Å². The highest BCUT2D eigenvalue weighted by molar-refractivity contribution is 6.02. The Morgan fingerprint density at radius 1 is 1.08 bits per heavy atom. The number of benzene rings is 1. The highest BCUT2D eigenvalue weighted by Gasteiger charge is 2.29. The first kappa shape index (κ1) is 20.1. The van der Waals surface area contributed by atoms with E-state index in [2.05, 4.69) is 64.2 Å². The normalized spacial score (nSPS) is 16.3. The highest BCUT2D eigenvalue weighted by atomic mass is 16.2. The maximum atomic E-state index is 12.4. The van der Waals surface area contributed by atoms with Crippen LogP contribution in [0.2, 0.25) is 0 Å². The van der Waals surface area contributed by atoms with E-state index in [-0.39, 0.29) is 60.9 Å². The average Bonchev–Trinajstić information content (AvgIpc) is 2.88. The molecule has 1 saturated heterocycles. The van der Waals surface area contributed by atoms with Crippen LogP contribution in [0, 0.1) is 5.92 Å². The van der Waals surface area contributed by atoms with Crippen molar-refractivity contribution in [3.8, 4) is 0 Å². The number of hydrogen-bond donors (Lipinski definition) is 1. The molecule has 0 spiro atoms. The van der Waals surface area contributed by atoms with E-state index in [9.17, 15) is 14.4 Å². The van der Waals surface area contributed by atoms with Crippen molar-refractivity contribution in [3.05, 3.63) is 35.4 Å². The summed E-state index contributed by atoms with van der Waals surface area (Å²) < 4.78 is 0. The summed E-state index contributed by atoms with van der Waals surface area (Å²) in [5.41, 5.74) is 2.40. The van der Waals surface area contributed by atoms with E-state index in [1.54, 1.807) is 0 Å². The lowest BCUT2D eigenvalue weighted by molar-refractivity contribution is -0.138. The number of likely N-dealkylation sites (tertiary alicyclic amines) is 1. The molecule has 1 N–H and O–H groups in total. The van der Waals surface area contributed by atoms with Crippen LogP contribution in [0.4, 0.5) is 0 Å². The van der Waals surface area contributed by atoms with Crippen molar-refractivity contribution < 1.29 is 14.4 Å². The van der Waals surface area contributed by atoms with Gasteiger partial charge >= 0.3 is 0 Å². The molecule has 2 rings (SSSR count). The van der Waals surface area contributed by atoms with Crippen molar-refractivity contribution >= 4 is 17.7 Å². The third-order valence-corrected chi connectivity index (χ3v) is 4.84. The maximum Gasteiger partial charge on any atom is 0.229 e. The Morgan fingerprint density at radius 2 is 1.62 bits per heavy atom. The van der Waals surface area contributed by atoms with Gasteiger partial charge in [-0.05, 0) is 22.5 Å². The molecule has 1 fully saturated rings. The molecule has 3 amide bonds. The topological polar surface area (TPSA) is 66.5 Å². The molecular weight excluding hydrogens is 328 g/mol. The number of nitrogens with zero attached hydrogens (tertiary/aromatic N) is 1. The van der Waals surface area contributed by atoms with Crippen LogP contribution in [-0.4, -0.2) is 29.2 Å². The van der Waals surface area contributed by atoms with E-state index in [0.29, 0.717) is 0 Å². The molecule has 1 aromatic carbocycles. The molecule has 0 bridgehead atoms. The molecule has 0 radical (unpaired) electrons. The smallest absolute Gasteiger partial charge is 0.229 e. The standard InChI is InChI=1S/C21H30N2O3/c1-14(2)20(15-6-8-16(9-7-15)21(3,4)5)22-17(24)12-13-23-18(25)10-11-19(23)26/h6-9,14,20H,10-13H2,1-5H3,(H,22,24). The number of nitrogens with one attached hydrogen (secondary N) is 1. The first-order chi connectivity index (χ1) is 12.1. The second kappa shape index (κ2) is 8.02. The number of hydrogen-bond acceptors (Lipinski definition) is 3. The molecule has 0 aliphatic carbocycles. The highest BCUT2D eigenvalue weighted by Crippen LogP contribution is 2.27. The zero-order chi connectivity index (χ0) is 19.5. The average molecular weight is 358 g/mol. The Labute approximate surface area is 156 Å². The van der Waals surface area contributed by atoms with Gasteiger partial charge in [0, 0.05) is 25.8 Å². The van der Waals surface area contributed by atoms with Crippen LogP contribution in [0.25, 0.3) is 0 Å². The molecule has 1 aliphatic rings. The molecule has 1 aliphatic heterocycles. The third-order valence-electron chi connectivity index (χ3n) is 4.84. The van der Waals surface area contributed by atoms with E-state index in [1.165, 1.54) is 10.5 Å². The number of carbonyl (C=O) groups excluding carboxylic acids is 3. The molecule has 1 heterocycles. The summed E-state index contributed by atoms with van der Waals surface area (Å²) in [6.07, 6.45) is 0.658. The summed E-state index contributed by atoms with van der Waals surface area (Å²) in [5.74, 6) is -0.271. The van der Waals surface area contributed by atoms with Crippen molar-refractivity contribution in [2.45, 2.75) is 65.3 Å². The van der Waals surface area contributed by atoms with E-state index in [1.807, 2.05) is 0 Å². The van der Waals surface area contributed by atoms with E-state index < -0.39 is 0 Å². The summed E-state index contributed by atoms with van der Waals surface area (Å²) in [6, 6.07) is 8.26. The fourth-order valence-electron chi connectivity index (χ4n) is 3.16. The molecule has 5 heteroatoms. The van der Waals surface area contributed by atoms with Gasteiger partial charge in [0.2, 0.25) is 17.7 Å². The predicted molar refractivity (Wildman–Crippen MR) is 101 cm³/mol. The molecule has 5 nitrogen and oxygen atoms in total. The van der Waals surface area contributed by atoms with Crippen molar-refractivity contribution in [1.82, 2.24) is 10.2 Å². The molecular formula is C21H30N2O3. The zero-order valence-corrected chi connectivity index (χ0v) is 16.5. The monoisotopic (exact) mass is 358 g/mol. The first-order valence-corrected chi connectivity index (χ1v) is 9.32. The number of imide groups is 1. The second-order valence-corrected chi connectivity index (χ2v) is 8.35. The maximum absolute atomic E-state index is 12.4. The van der Waals surface area contributed by atoms with E-state index in [4.69, 9.17) is 0 Å². The van der Waals surface area contributed by atoms with Gasteiger partial charge in [0.15, 0.2) is 0 Å².